The van der Waals surface area contributed by atoms with Gasteiger partial charge < -0.3 is 15.0 Å². The largest absolute Gasteiger partial charge is 0.457 e. The quantitative estimate of drug-likeness (QED) is 0.343. The number of carbonyl (C=O) groups is 2. The van der Waals surface area contributed by atoms with Crippen molar-refractivity contribution in [2.24, 2.45) is 0 Å². The summed E-state index contributed by atoms with van der Waals surface area (Å²) in [6.45, 7) is 3.08. The molecule has 186 valence electrons. The molecule has 1 heterocycles. The highest BCUT2D eigenvalue weighted by Crippen LogP contribution is 2.29. The number of nitrogens with one attached hydrogen (secondary N) is 1. The fraction of sp³-hybridized carbons (Fsp3) is 0.286. The summed E-state index contributed by atoms with van der Waals surface area (Å²) in [4.78, 5) is 39.0. The van der Waals surface area contributed by atoms with E-state index in [-0.39, 0.29) is 34.9 Å². The van der Waals surface area contributed by atoms with Gasteiger partial charge in [-0.15, -0.1) is 0 Å². The Morgan fingerprint density at radius 1 is 1.03 bits per heavy atom. The fourth-order valence-corrected chi connectivity index (χ4v) is 4.48. The molecule has 1 fully saturated rings. The van der Waals surface area contributed by atoms with Crippen LogP contribution >= 0.6 is 0 Å². The average molecular weight is 488 g/mol. The van der Waals surface area contributed by atoms with Gasteiger partial charge in [0.25, 0.3) is 11.6 Å². The predicted molar refractivity (Wildman–Crippen MR) is 136 cm³/mol. The van der Waals surface area contributed by atoms with Gasteiger partial charge in [0.2, 0.25) is 5.91 Å². The van der Waals surface area contributed by atoms with Gasteiger partial charge in [0.1, 0.15) is 11.5 Å². The first kappa shape index (κ1) is 24.9. The minimum atomic E-state index is -0.538. The maximum absolute atomic E-state index is 13.2. The molecular weight excluding hydrogens is 458 g/mol. The Hall–Kier alpha value is -4.20. The van der Waals surface area contributed by atoms with Gasteiger partial charge in [0, 0.05) is 31.3 Å². The molecule has 1 saturated heterocycles. The van der Waals surface area contributed by atoms with Crippen LogP contribution in [0.2, 0.25) is 0 Å². The number of para-hydroxylation sites is 1. The zero-order valence-electron chi connectivity index (χ0n) is 20.1. The molecule has 3 aromatic carbocycles. The number of amides is 2. The number of rotatable bonds is 8. The standard InChI is InChI=1S/C28H29N3O5/c1-2-24(20-9-5-3-6-10-20)28(33)30-17-15-21(16-18-30)29-27(32)25-19-22(31(34)35)13-14-26(25)36-23-11-7-4-8-12-23/h3-14,19,21,24H,2,15-18H2,1H3,(H,29,32). The normalized spacial score (nSPS) is 14.6. The third-order valence-corrected chi connectivity index (χ3v) is 6.44. The van der Waals surface area contributed by atoms with Crippen LogP contribution in [0.3, 0.4) is 0 Å². The van der Waals surface area contributed by atoms with E-state index in [0.29, 0.717) is 31.7 Å². The van der Waals surface area contributed by atoms with Crippen LogP contribution in [-0.4, -0.2) is 40.8 Å². The van der Waals surface area contributed by atoms with Gasteiger partial charge in [-0.3, -0.25) is 19.7 Å². The number of nitro groups is 1. The number of piperidine rings is 1. The Bertz CT molecular complexity index is 1210. The first-order valence-corrected chi connectivity index (χ1v) is 12.1. The number of ether oxygens (including phenoxy) is 1. The number of carbonyl (C=O) groups excluding carboxylic acids is 2. The van der Waals surface area contributed by atoms with Crippen LogP contribution < -0.4 is 10.1 Å². The first-order valence-electron chi connectivity index (χ1n) is 12.1. The average Bonchev–Trinajstić information content (AvgIpc) is 2.90. The zero-order chi connectivity index (χ0) is 25.5. The topological polar surface area (TPSA) is 102 Å². The number of non-ortho nitro benzene ring substituents is 1. The van der Waals surface area contributed by atoms with Crippen molar-refractivity contribution in [3.05, 3.63) is 100 Å². The fourth-order valence-electron chi connectivity index (χ4n) is 4.48. The molecule has 1 unspecified atom stereocenters. The lowest BCUT2D eigenvalue weighted by molar-refractivity contribution is -0.384. The lowest BCUT2D eigenvalue weighted by atomic mass is 9.93. The van der Waals surface area contributed by atoms with Gasteiger partial charge in [0.05, 0.1) is 16.4 Å². The van der Waals surface area contributed by atoms with Gasteiger partial charge in [-0.1, -0.05) is 55.5 Å². The maximum atomic E-state index is 13.2. The summed E-state index contributed by atoms with van der Waals surface area (Å²) in [5.74, 6) is 0.248. The molecule has 0 aromatic heterocycles. The Morgan fingerprint density at radius 3 is 2.28 bits per heavy atom. The Labute approximate surface area is 210 Å². The van der Waals surface area contributed by atoms with Crippen LogP contribution in [0.15, 0.2) is 78.9 Å². The van der Waals surface area contributed by atoms with Crippen LogP contribution in [0.4, 0.5) is 5.69 Å². The molecule has 0 saturated carbocycles. The summed E-state index contributed by atoms with van der Waals surface area (Å²) in [7, 11) is 0. The van der Waals surface area contributed by atoms with Crippen LogP contribution in [0, 0.1) is 10.1 Å². The van der Waals surface area contributed by atoms with Crippen molar-refractivity contribution < 1.29 is 19.2 Å². The second kappa shape index (κ2) is 11.5. The summed E-state index contributed by atoms with van der Waals surface area (Å²) in [6, 6.07) is 22.6. The van der Waals surface area contributed by atoms with Crippen LogP contribution in [0.1, 0.15) is 48.0 Å². The van der Waals surface area contributed by atoms with Gasteiger partial charge in [-0.2, -0.15) is 0 Å². The zero-order valence-corrected chi connectivity index (χ0v) is 20.1. The number of nitrogens with zero attached hydrogens (tertiary/aromatic N) is 2. The SMILES string of the molecule is CCC(C(=O)N1CCC(NC(=O)c2cc([N+](=O)[O-])ccc2Oc2ccccc2)CC1)c1ccccc1. The molecule has 0 bridgehead atoms. The minimum Gasteiger partial charge on any atom is -0.457 e. The van der Waals surface area contributed by atoms with Crippen molar-refractivity contribution in [3.8, 4) is 11.5 Å². The Kier molecular flexibility index (Phi) is 7.95. The van der Waals surface area contributed by atoms with E-state index < -0.39 is 10.8 Å². The third kappa shape index (κ3) is 5.89. The van der Waals surface area contributed by atoms with E-state index in [2.05, 4.69) is 5.32 Å². The maximum Gasteiger partial charge on any atom is 0.270 e. The van der Waals surface area contributed by atoms with Gasteiger partial charge in [0.15, 0.2) is 0 Å². The van der Waals surface area contributed by atoms with Crippen molar-refractivity contribution in [2.45, 2.75) is 38.1 Å². The summed E-state index contributed by atoms with van der Waals surface area (Å²) >= 11 is 0. The summed E-state index contributed by atoms with van der Waals surface area (Å²) in [6.07, 6.45) is 1.93. The summed E-state index contributed by atoms with van der Waals surface area (Å²) in [5.41, 5.74) is 0.922. The molecule has 2 amide bonds. The number of nitro benzene ring substituents is 1. The monoisotopic (exact) mass is 487 g/mol. The van der Waals surface area contributed by atoms with Crippen molar-refractivity contribution in [1.29, 1.82) is 0 Å². The van der Waals surface area contributed by atoms with Gasteiger partial charge in [-0.25, -0.2) is 0 Å². The molecule has 1 atom stereocenters. The van der Waals surface area contributed by atoms with Crippen molar-refractivity contribution in [1.82, 2.24) is 10.2 Å². The number of hydrogen-bond donors (Lipinski definition) is 1. The van der Waals surface area contributed by atoms with Crippen molar-refractivity contribution >= 4 is 17.5 Å². The number of benzene rings is 3. The molecule has 1 aliphatic rings. The van der Waals surface area contributed by atoms with E-state index in [1.165, 1.54) is 18.2 Å². The smallest absolute Gasteiger partial charge is 0.270 e. The van der Waals surface area contributed by atoms with Crippen molar-refractivity contribution in [2.75, 3.05) is 13.1 Å². The molecule has 8 heteroatoms. The van der Waals surface area contributed by atoms with Crippen LogP contribution in [-0.2, 0) is 4.79 Å². The highest BCUT2D eigenvalue weighted by Gasteiger charge is 2.29. The van der Waals surface area contributed by atoms with Gasteiger partial charge in [-0.05, 0) is 43.0 Å². The second-order valence-corrected chi connectivity index (χ2v) is 8.80. The van der Waals surface area contributed by atoms with Crippen LogP contribution in [0.25, 0.3) is 0 Å². The highest BCUT2D eigenvalue weighted by atomic mass is 16.6. The lowest BCUT2D eigenvalue weighted by Gasteiger charge is -2.34. The highest BCUT2D eigenvalue weighted by molar-refractivity contribution is 5.98. The van der Waals surface area contributed by atoms with E-state index in [4.69, 9.17) is 4.74 Å². The molecule has 8 nitrogen and oxygen atoms in total. The molecule has 0 aliphatic carbocycles. The van der Waals surface area contributed by atoms with Crippen LogP contribution in [0.5, 0.6) is 11.5 Å². The summed E-state index contributed by atoms with van der Waals surface area (Å²) < 4.78 is 5.85. The van der Waals surface area contributed by atoms with Gasteiger partial charge >= 0.3 is 0 Å². The lowest BCUT2D eigenvalue weighted by Crippen LogP contribution is -2.47. The van der Waals surface area contributed by atoms with E-state index in [9.17, 15) is 19.7 Å². The molecule has 36 heavy (non-hydrogen) atoms. The summed E-state index contributed by atoms with van der Waals surface area (Å²) in [5, 5.41) is 14.3. The molecule has 0 spiro atoms. The molecular formula is C28H29N3O5. The predicted octanol–water partition coefficient (Wildman–Crippen LogP) is 5.30. The minimum absolute atomic E-state index is 0.0988. The molecule has 1 aliphatic heterocycles. The Balaban J connectivity index is 1.42. The molecule has 0 radical (unpaired) electrons. The first-order chi connectivity index (χ1) is 17.5. The number of hydrogen-bond acceptors (Lipinski definition) is 5. The van der Waals surface area contributed by atoms with Crippen molar-refractivity contribution in [3.63, 3.8) is 0 Å². The van der Waals surface area contributed by atoms with E-state index in [0.717, 1.165) is 12.0 Å². The number of likely N-dealkylation sites (tertiary alicyclic amines) is 1. The van der Waals surface area contributed by atoms with E-state index >= 15 is 0 Å². The molecule has 1 N–H and O–H groups in total. The molecule has 3 aromatic rings. The molecule has 4 rings (SSSR count). The second-order valence-electron chi connectivity index (χ2n) is 8.80. The van der Waals surface area contributed by atoms with E-state index in [1.54, 1.807) is 24.3 Å². The van der Waals surface area contributed by atoms with E-state index in [1.807, 2.05) is 48.2 Å². The Morgan fingerprint density at radius 2 is 1.67 bits per heavy atom. The third-order valence-electron chi connectivity index (χ3n) is 6.44.